The summed E-state index contributed by atoms with van der Waals surface area (Å²) < 4.78 is 1.32. The van der Waals surface area contributed by atoms with E-state index >= 15 is 0 Å². The van der Waals surface area contributed by atoms with Crippen LogP contribution in [0.5, 0.6) is 0 Å². The Morgan fingerprint density at radius 2 is 2.55 bits per heavy atom. The zero-order chi connectivity index (χ0) is 8.27. The molecular formula is C6H7N3OS. The van der Waals surface area contributed by atoms with Gasteiger partial charge in [-0.3, -0.25) is 4.79 Å². The molecule has 1 heterocycles. The molecule has 0 spiro atoms. The molecule has 0 aliphatic heterocycles. The number of aromatic nitrogens is 2. The molecule has 4 nitrogen and oxygen atoms in total. The van der Waals surface area contributed by atoms with E-state index < -0.39 is 0 Å². The highest BCUT2D eigenvalue weighted by Gasteiger charge is 1.99. The standard InChI is InChI=1S/C6H7N3OS/c1-5-8-9(4-2-3-7)6(10)11-5/h2,4H2,1H3. The maximum atomic E-state index is 11.0. The largest absolute Gasteiger partial charge is 0.325 e. The molecule has 0 saturated heterocycles. The van der Waals surface area contributed by atoms with Crippen LogP contribution < -0.4 is 4.87 Å². The van der Waals surface area contributed by atoms with Gasteiger partial charge in [0.05, 0.1) is 19.0 Å². The van der Waals surface area contributed by atoms with Crippen molar-refractivity contribution in [3.8, 4) is 6.07 Å². The molecule has 0 aliphatic rings. The van der Waals surface area contributed by atoms with Crippen molar-refractivity contribution in [3.63, 3.8) is 0 Å². The van der Waals surface area contributed by atoms with Gasteiger partial charge in [-0.2, -0.15) is 10.4 Å². The van der Waals surface area contributed by atoms with Crippen LogP contribution in [-0.2, 0) is 6.54 Å². The van der Waals surface area contributed by atoms with Gasteiger partial charge in [0.2, 0.25) is 0 Å². The van der Waals surface area contributed by atoms with Crippen molar-refractivity contribution >= 4 is 11.3 Å². The van der Waals surface area contributed by atoms with Crippen molar-refractivity contribution in [2.45, 2.75) is 19.9 Å². The molecule has 0 aromatic carbocycles. The molecular weight excluding hydrogens is 162 g/mol. The molecule has 1 aromatic rings. The summed E-state index contributed by atoms with van der Waals surface area (Å²) in [4.78, 5) is 10.9. The number of nitrogens with zero attached hydrogens (tertiary/aromatic N) is 3. The number of aryl methyl sites for hydroxylation is 2. The minimum Gasteiger partial charge on any atom is -0.255 e. The molecule has 0 atom stereocenters. The molecule has 0 N–H and O–H groups in total. The molecule has 0 radical (unpaired) electrons. The van der Waals surface area contributed by atoms with Crippen LogP contribution in [0.3, 0.4) is 0 Å². The second kappa shape index (κ2) is 3.30. The second-order valence-corrected chi connectivity index (χ2v) is 3.16. The number of hydrogen-bond donors (Lipinski definition) is 0. The highest BCUT2D eigenvalue weighted by molar-refractivity contribution is 7.08. The minimum absolute atomic E-state index is 0.0854. The lowest BCUT2D eigenvalue weighted by atomic mass is 10.5. The normalized spacial score (nSPS) is 9.45. The fourth-order valence-electron chi connectivity index (χ4n) is 0.707. The number of nitriles is 1. The van der Waals surface area contributed by atoms with Gasteiger partial charge < -0.3 is 0 Å². The maximum absolute atomic E-state index is 11.0. The average molecular weight is 169 g/mol. The minimum atomic E-state index is -0.0854. The molecule has 0 amide bonds. The van der Waals surface area contributed by atoms with E-state index in [1.165, 1.54) is 4.68 Å². The SMILES string of the molecule is Cc1nn(CCC#N)c(=O)s1. The van der Waals surface area contributed by atoms with Gasteiger partial charge in [-0.1, -0.05) is 11.3 Å². The van der Waals surface area contributed by atoms with Crippen molar-refractivity contribution in [2.24, 2.45) is 0 Å². The first-order chi connectivity index (χ1) is 5.24. The van der Waals surface area contributed by atoms with Crippen LogP contribution in [0.25, 0.3) is 0 Å². The van der Waals surface area contributed by atoms with Crippen LogP contribution in [0.15, 0.2) is 4.79 Å². The summed E-state index contributed by atoms with van der Waals surface area (Å²) in [5, 5.41) is 12.9. The molecule has 0 aliphatic carbocycles. The lowest BCUT2D eigenvalue weighted by Gasteiger charge is -1.90. The molecule has 1 rings (SSSR count). The highest BCUT2D eigenvalue weighted by atomic mass is 32.1. The molecule has 0 unspecified atom stereocenters. The van der Waals surface area contributed by atoms with Gasteiger partial charge in [-0.15, -0.1) is 0 Å². The van der Waals surface area contributed by atoms with E-state index in [9.17, 15) is 4.79 Å². The van der Waals surface area contributed by atoms with Crippen LogP contribution in [0, 0.1) is 18.3 Å². The van der Waals surface area contributed by atoms with Gasteiger partial charge in [0, 0.05) is 0 Å². The van der Waals surface area contributed by atoms with Crippen molar-refractivity contribution in [1.82, 2.24) is 9.78 Å². The number of rotatable bonds is 2. The quantitative estimate of drug-likeness (QED) is 0.648. The molecule has 0 bridgehead atoms. The van der Waals surface area contributed by atoms with E-state index in [1.807, 2.05) is 6.07 Å². The van der Waals surface area contributed by atoms with E-state index in [4.69, 9.17) is 5.26 Å². The van der Waals surface area contributed by atoms with E-state index in [-0.39, 0.29) is 4.87 Å². The van der Waals surface area contributed by atoms with Gasteiger partial charge in [-0.25, -0.2) is 4.68 Å². The summed E-state index contributed by atoms with van der Waals surface area (Å²) in [6, 6.07) is 1.96. The van der Waals surface area contributed by atoms with Crippen LogP contribution in [0.2, 0.25) is 0 Å². The van der Waals surface area contributed by atoms with E-state index in [0.717, 1.165) is 16.3 Å². The lowest BCUT2D eigenvalue weighted by Crippen LogP contribution is -2.14. The predicted molar refractivity (Wildman–Crippen MR) is 41.3 cm³/mol. The summed E-state index contributed by atoms with van der Waals surface area (Å²) in [7, 11) is 0. The highest BCUT2D eigenvalue weighted by Crippen LogP contribution is 1.94. The predicted octanol–water partition coefficient (Wildman–Crippen LogP) is 0.527. The molecule has 0 fully saturated rings. The molecule has 5 heteroatoms. The monoisotopic (exact) mass is 169 g/mol. The van der Waals surface area contributed by atoms with Crippen LogP contribution in [0.1, 0.15) is 11.4 Å². The molecule has 58 valence electrons. The fraction of sp³-hybridized carbons (Fsp3) is 0.500. The summed E-state index contributed by atoms with van der Waals surface area (Å²) in [5.41, 5.74) is 0. The van der Waals surface area contributed by atoms with E-state index in [2.05, 4.69) is 5.10 Å². The van der Waals surface area contributed by atoms with E-state index in [0.29, 0.717) is 13.0 Å². The molecule has 0 saturated carbocycles. The van der Waals surface area contributed by atoms with Gasteiger partial charge in [0.1, 0.15) is 5.01 Å². The topological polar surface area (TPSA) is 58.7 Å². The Bertz CT molecular complexity index is 332. The Balaban J connectivity index is 2.80. The molecule has 11 heavy (non-hydrogen) atoms. The molecule has 1 aromatic heterocycles. The fourth-order valence-corrected chi connectivity index (χ4v) is 1.34. The zero-order valence-corrected chi connectivity index (χ0v) is 6.89. The Kier molecular flexibility index (Phi) is 2.39. The third-order valence-electron chi connectivity index (χ3n) is 1.14. The van der Waals surface area contributed by atoms with Crippen molar-refractivity contribution < 1.29 is 0 Å². The lowest BCUT2D eigenvalue weighted by molar-refractivity contribution is 0.605. The van der Waals surface area contributed by atoms with Gasteiger partial charge in [-0.05, 0) is 6.92 Å². The summed E-state index contributed by atoms with van der Waals surface area (Å²) in [6.45, 7) is 2.18. The first kappa shape index (κ1) is 7.95. The van der Waals surface area contributed by atoms with Crippen LogP contribution in [-0.4, -0.2) is 9.78 Å². The number of hydrogen-bond acceptors (Lipinski definition) is 4. The van der Waals surface area contributed by atoms with Gasteiger partial charge in [0.25, 0.3) is 0 Å². The van der Waals surface area contributed by atoms with Crippen LogP contribution in [0.4, 0.5) is 0 Å². The van der Waals surface area contributed by atoms with Crippen LogP contribution >= 0.6 is 11.3 Å². The van der Waals surface area contributed by atoms with Gasteiger partial charge >= 0.3 is 4.87 Å². The third-order valence-corrected chi connectivity index (χ3v) is 1.91. The smallest absolute Gasteiger partial charge is 0.255 e. The Labute approximate surface area is 67.7 Å². The first-order valence-electron chi connectivity index (χ1n) is 3.15. The van der Waals surface area contributed by atoms with Crippen molar-refractivity contribution in [3.05, 3.63) is 14.7 Å². The Hall–Kier alpha value is -1.15. The third kappa shape index (κ3) is 1.88. The van der Waals surface area contributed by atoms with Crippen molar-refractivity contribution in [1.29, 1.82) is 5.26 Å². The Morgan fingerprint density at radius 3 is 3.00 bits per heavy atom. The maximum Gasteiger partial charge on any atom is 0.325 e. The van der Waals surface area contributed by atoms with Crippen molar-refractivity contribution in [2.75, 3.05) is 0 Å². The first-order valence-corrected chi connectivity index (χ1v) is 3.97. The summed E-state index contributed by atoms with van der Waals surface area (Å²) >= 11 is 1.11. The summed E-state index contributed by atoms with van der Waals surface area (Å²) in [6.07, 6.45) is 0.336. The second-order valence-electron chi connectivity index (χ2n) is 2.02. The van der Waals surface area contributed by atoms with Gasteiger partial charge in [0.15, 0.2) is 0 Å². The van der Waals surface area contributed by atoms with E-state index in [1.54, 1.807) is 6.92 Å². The average Bonchev–Trinajstić information content (AvgIpc) is 2.26. The zero-order valence-electron chi connectivity index (χ0n) is 6.07. The Morgan fingerprint density at radius 1 is 1.82 bits per heavy atom. The summed E-state index contributed by atoms with van der Waals surface area (Å²) in [5.74, 6) is 0.